The molecule has 3 aromatic carbocycles. The van der Waals surface area contributed by atoms with Crippen molar-refractivity contribution in [2.24, 2.45) is 11.0 Å². The molecule has 5 heteroatoms. The van der Waals surface area contributed by atoms with Crippen molar-refractivity contribution in [1.82, 2.24) is 5.01 Å². The van der Waals surface area contributed by atoms with Crippen molar-refractivity contribution < 1.29 is 13.9 Å². The molecule has 4 nitrogen and oxygen atoms in total. The van der Waals surface area contributed by atoms with E-state index in [1.165, 1.54) is 17.7 Å². The molecule has 0 N–H and O–H groups in total. The van der Waals surface area contributed by atoms with Crippen LogP contribution in [0.1, 0.15) is 36.4 Å². The highest BCUT2D eigenvalue weighted by Gasteiger charge is 2.43. The second kappa shape index (κ2) is 9.41. The van der Waals surface area contributed by atoms with Crippen molar-refractivity contribution >= 4 is 17.7 Å². The SMILES string of the molecule is O=C(COc1ccccc1F)N1N=C2/C(=C/c3ccccc3)CCC[C@@H]2[C@@H]1c1ccccc1. The molecule has 3 aromatic rings. The lowest BCUT2D eigenvalue weighted by atomic mass is 9.77. The number of carbonyl (C=O) groups is 1. The Morgan fingerprint density at radius 1 is 1.00 bits per heavy atom. The van der Waals surface area contributed by atoms with Crippen LogP contribution in [-0.4, -0.2) is 23.2 Å². The fourth-order valence-electron chi connectivity index (χ4n) is 4.71. The molecule has 166 valence electrons. The lowest BCUT2D eigenvalue weighted by Gasteiger charge is -2.29. The minimum absolute atomic E-state index is 0.0658. The smallest absolute Gasteiger partial charge is 0.281 e. The van der Waals surface area contributed by atoms with Gasteiger partial charge < -0.3 is 4.74 Å². The first-order valence-electron chi connectivity index (χ1n) is 11.3. The Hall–Kier alpha value is -3.73. The highest BCUT2D eigenvalue weighted by atomic mass is 19.1. The molecule has 1 saturated carbocycles. The molecule has 1 heterocycles. The van der Waals surface area contributed by atoms with Gasteiger partial charge in [-0.1, -0.05) is 72.8 Å². The highest BCUT2D eigenvalue weighted by molar-refractivity contribution is 6.08. The van der Waals surface area contributed by atoms with Crippen molar-refractivity contribution in [3.8, 4) is 5.75 Å². The number of benzene rings is 3. The van der Waals surface area contributed by atoms with Crippen molar-refractivity contribution in [3.05, 3.63) is 107 Å². The number of amides is 1. The summed E-state index contributed by atoms with van der Waals surface area (Å²) in [5.74, 6) is -0.586. The quantitative estimate of drug-likeness (QED) is 0.486. The van der Waals surface area contributed by atoms with E-state index < -0.39 is 5.82 Å². The third-order valence-corrected chi connectivity index (χ3v) is 6.23. The number of hydrogen-bond acceptors (Lipinski definition) is 3. The molecule has 0 bridgehead atoms. The molecule has 0 saturated heterocycles. The van der Waals surface area contributed by atoms with Gasteiger partial charge >= 0.3 is 0 Å². The zero-order chi connectivity index (χ0) is 22.6. The summed E-state index contributed by atoms with van der Waals surface area (Å²) in [6, 6.07) is 26.1. The molecule has 1 fully saturated rings. The summed E-state index contributed by atoms with van der Waals surface area (Å²) < 4.78 is 19.5. The lowest BCUT2D eigenvalue weighted by molar-refractivity contribution is -0.135. The Morgan fingerprint density at radius 2 is 1.70 bits per heavy atom. The Morgan fingerprint density at radius 3 is 2.45 bits per heavy atom. The summed E-state index contributed by atoms with van der Waals surface area (Å²) in [5, 5.41) is 6.39. The second-order valence-corrected chi connectivity index (χ2v) is 8.38. The standard InChI is InChI=1S/C28H25FN2O2/c29-24-16-7-8-17-25(24)33-19-26(32)31-28(21-12-5-2-6-13-21)23-15-9-14-22(27(23)30-31)18-20-10-3-1-4-11-20/h1-8,10-13,16-18,23,28H,9,14-15,19H2/b22-18+/t23-,28-/m0/s1. The molecule has 1 aliphatic heterocycles. The number of hydrazone groups is 1. The van der Waals surface area contributed by atoms with E-state index >= 15 is 0 Å². The molecule has 2 atom stereocenters. The van der Waals surface area contributed by atoms with E-state index in [4.69, 9.17) is 9.84 Å². The van der Waals surface area contributed by atoms with Crippen LogP contribution in [-0.2, 0) is 4.79 Å². The van der Waals surface area contributed by atoms with E-state index in [1.807, 2.05) is 48.5 Å². The predicted octanol–water partition coefficient (Wildman–Crippen LogP) is 6.03. The van der Waals surface area contributed by atoms with Gasteiger partial charge in [0.2, 0.25) is 0 Å². The largest absolute Gasteiger partial charge is 0.481 e. The minimum atomic E-state index is -0.487. The van der Waals surface area contributed by atoms with Crippen LogP contribution < -0.4 is 4.74 Å². The van der Waals surface area contributed by atoms with Gasteiger partial charge in [0.15, 0.2) is 18.2 Å². The van der Waals surface area contributed by atoms with Crippen molar-refractivity contribution in [3.63, 3.8) is 0 Å². The first-order valence-corrected chi connectivity index (χ1v) is 11.3. The van der Waals surface area contributed by atoms with Gasteiger partial charge in [-0.2, -0.15) is 5.10 Å². The van der Waals surface area contributed by atoms with Crippen LogP contribution >= 0.6 is 0 Å². The number of allylic oxidation sites excluding steroid dienone is 1. The summed E-state index contributed by atoms with van der Waals surface area (Å²) >= 11 is 0. The summed E-state index contributed by atoms with van der Waals surface area (Å²) in [6.45, 7) is -0.272. The molecule has 0 spiro atoms. The normalized spacial score (nSPS) is 20.9. The number of fused-ring (bicyclic) bond motifs is 1. The third kappa shape index (κ3) is 4.44. The zero-order valence-electron chi connectivity index (χ0n) is 18.2. The summed E-state index contributed by atoms with van der Waals surface area (Å²) in [5.41, 5.74) is 4.31. The molecule has 5 rings (SSSR count). The van der Waals surface area contributed by atoms with E-state index in [1.54, 1.807) is 17.1 Å². The maximum absolute atomic E-state index is 14.0. The maximum Gasteiger partial charge on any atom is 0.281 e. The van der Waals surface area contributed by atoms with Crippen LogP contribution in [0.3, 0.4) is 0 Å². The van der Waals surface area contributed by atoms with Crippen molar-refractivity contribution in [1.29, 1.82) is 0 Å². The Labute approximate surface area is 193 Å². The van der Waals surface area contributed by atoms with Gasteiger partial charge in [-0.3, -0.25) is 4.79 Å². The second-order valence-electron chi connectivity index (χ2n) is 8.38. The number of carbonyl (C=O) groups excluding carboxylic acids is 1. The number of nitrogens with zero attached hydrogens (tertiary/aromatic N) is 2. The minimum Gasteiger partial charge on any atom is -0.481 e. The molecule has 33 heavy (non-hydrogen) atoms. The first-order chi connectivity index (χ1) is 16.2. The lowest BCUT2D eigenvalue weighted by Crippen LogP contribution is -2.34. The van der Waals surface area contributed by atoms with Gasteiger partial charge in [0.25, 0.3) is 5.91 Å². The monoisotopic (exact) mass is 440 g/mol. The van der Waals surface area contributed by atoms with E-state index in [-0.39, 0.29) is 30.2 Å². The molecular formula is C28H25FN2O2. The van der Waals surface area contributed by atoms with Gasteiger partial charge in [0.1, 0.15) is 0 Å². The average Bonchev–Trinajstić information content (AvgIpc) is 3.25. The van der Waals surface area contributed by atoms with E-state index in [0.29, 0.717) is 0 Å². The molecule has 0 unspecified atom stereocenters. The predicted molar refractivity (Wildman–Crippen MR) is 127 cm³/mol. The number of ether oxygens (including phenoxy) is 1. The topological polar surface area (TPSA) is 41.9 Å². The first kappa shape index (κ1) is 21.1. The van der Waals surface area contributed by atoms with E-state index in [9.17, 15) is 9.18 Å². The van der Waals surface area contributed by atoms with Gasteiger partial charge in [-0.15, -0.1) is 0 Å². The number of hydrogen-bond donors (Lipinski definition) is 0. The zero-order valence-corrected chi connectivity index (χ0v) is 18.2. The third-order valence-electron chi connectivity index (χ3n) is 6.23. The maximum atomic E-state index is 14.0. The summed E-state index contributed by atoms with van der Waals surface area (Å²) in [6.07, 6.45) is 5.11. The number of para-hydroxylation sites is 1. The van der Waals surface area contributed by atoms with Gasteiger partial charge in [-0.25, -0.2) is 9.40 Å². The van der Waals surface area contributed by atoms with Gasteiger partial charge in [0, 0.05) is 5.92 Å². The Balaban J connectivity index is 1.46. The highest BCUT2D eigenvalue weighted by Crippen LogP contribution is 2.44. The van der Waals surface area contributed by atoms with Gasteiger partial charge in [-0.05, 0) is 54.2 Å². The molecule has 1 amide bonds. The van der Waals surface area contributed by atoms with Crippen LogP contribution in [0.25, 0.3) is 6.08 Å². The van der Waals surface area contributed by atoms with Crippen LogP contribution in [0.15, 0.2) is 95.6 Å². The van der Waals surface area contributed by atoms with Gasteiger partial charge in [0.05, 0.1) is 11.8 Å². The molecular weight excluding hydrogens is 415 g/mol. The van der Waals surface area contributed by atoms with Crippen LogP contribution in [0.2, 0.25) is 0 Å². The Kier molecular flexibility index (Phi) is 6.03. The number of halogens is 1. The fraction of sp³-hybridized carbons (Fsp3) is 0.214. The Bertz CT molecular complexity index is 1190. The summed E-state index contributed by atoms with van der Waals surface area (Å²) in [7, 11) is 0. The van der Waals surface area contributed by atoms with Crippen LogP contribution in [0, 0.1) is 11.7 Å². The molecule has 2 aliphatic rings. The molecule has 0 radical (unpaired) electrons. The fourth-order valence-corrected chi connectivity index (χ4v) is 4.71. The van der Waals surface area contributed by atoms with Crippen molar-refractivity contribution in [2.75, 3.05) is 6.61 Å². The number of rotatable bonds is 5. The van der Waals surface area contributed by atoms with Crippen molar-refractivity contribution in [2.45, 2.75) is 25.3 Å². The average molecular weight is 441 g/mol. The molecule has 1 aliphatic carbocycles. The van der Waals surface area contributed by atoms with E-state index in [0.717, 1.165) is 36.1 Å². The summed E-state index contributed by atoms with van der Waals surface area (Å²) in [4.78, 5) is 13.3. The van der Waals surface area contributed by atoms with E-state index in [2.05, 4.69) is 18.2 Å². The molecule has 0 aromatic heterocycles. The van der Waals surface area contributed by atoms with Crippen LogP contribution in [0.5, 0.6) is 5.75 Å². The van der Waals surface area contributed by atoms with Crippen LogP contribution in [0.4, 0.5) is 4.39 Å².